The summed E-state index contributed by atoms with van der Waals surface area (Å²) in [4.78, 5) is 11.5. The maximum atomic E-state index is 11.5. The van der Waals surface area contributed by atoms with Crippen molar-refractivity contribution in [2.75, 3.05) is 12.0 Å². The van der Waals surface area contributed by atoms with E-state index in [1.807, 2.05) is 6.26 Å². The van der Waals surface area contributed by atoms with Gasteiger partial charge in [0.1, 0.15) is 0 Å². The van der Waals surface area contributed by atoms with Gasteiger partial charge in [0.15, 0.2) is 0 Å². The van der Waals surface area contributed by atoms with Crippen molar-refractivity contribution in [3.05, 3.63) is 34.9 Å². The summed E-state index contributed by atoms with van der Waals surface area (Å²) in [6, 6.07) is 6.43. The summed E-state index contributed by atoms with van der Waals surface area (Å²) in [5.74, 6) is 1.03. The van der Waals surface area contributed by atoms with E-state index in [0.717, 1.165) is 18.8 Å². The Hall–Kier alpha value is -0.710. The van der Waals surface area contributed by atoms with Crippen molar-refractivity contribution < 1.29 is 4.79 Å². The molecule has 100 valence electrons. The van der Waals surface area contributed by atoms with Gasteiger partial charge < -0.3 is 10.6 Å². The molecule has 0 bridgehead atoms. The molecule has 1 aliphatic rings. The Bertz CT molecular complexity index is 412. The summed E-state index contributed by atoms with van der Waals surface area (Å²) in [6.07, 6.45) is 2.62. The van der Waals surface area contributed by atoms with Crippen LogP contribution in [0.5, 0.6) is 0 Å². The number of halogens is 1. The lowest BCUT2D eigenvalue weighted by Crippen LogP contribution is -2.23. The number of carbonyl (C=O) groups is 1. The average molecular weight is 287 g/mol. The second-order valence-electron chi connectivity index (χ2n) is 4.23. The fourth-order valence-electron chi connectivity index (χ4n) is 1.94. The molecule has 1 aliphatic heterocycles. The average Bonchev–Trinajstić information content (AvgIpc) is 2.81. The molecule has 1 heterocycles. The van der Waals surface area contributed by atoms with E-state index in [4.69, 9.17) is 0 Å². The fraction of sp³-hybridized carbons (Fsp3) is 0.462. The molecule has 2 N–H and O–H groups in total. The van der Waals surface area contributed by atoms with E-state index < -0.39 is 0 Å². The number of rotatable bonds is 5. The molecule has 1 aromatic rings. The van der Waals surface area contributed by atoms with Crippen LogP contribution in [0.25, 0.3) is 0 Å². The molecule has 0 atom stereocenters. The van der Waals surface area contributed by atoms with Crippen molar-refractivity contribution >= 4 is 30.1 Å². The molecular formula is C13H19ClN2OS. The maximum Gasteiger partial charge on any atom is 0.221 e. The van der Waals surface area contributed by atoms with Crippen LogP contribution in [0.2, 0.25) is 0 Å². The highest BCUT2D eigenvalue weighted by molar-refractivity contribution is 7.98. The van der Waals surface area contributed by atoms with Crippen molar-refractivity contribution in [2.24, 2.45) is 0 Å². The molecule has 3 nitrogen and oxygen atoms in total. The highest BCUT2D eigenvalue weighted by Crippen LogP contribution is 2.16. The zero-order valence-corrected chi connectivity index (χ0v) is 12.1. The van der Waals surface area contributed by atoms with Gasteiger partial charge in [-0.1, -0.05) is 18.2 Å². The first-order valence-corrected chi connectivity index (χ1v) is 7.26. The van der Waals surface area contributed by atoms with Crippen LogP contribution < -0.4 is 10.6 Å². The lowest BCUT2D eigenvalue weighted by molar-refractivity contribution is -0.120. The van der Waals surface area contributed by atoms with Gasteiger partial charge in [-0.25, -0.2) is 0 Å². The molecule has 0 saturated carbocycles. The molecular weight excluding hydrogens is 268 g/mol. The van der Waals surface area contributed by atoms with Crippen molar-refractivity contribution in [3.63, 3.8) is 0 Å². The van der Waals surface area contributed by atoms with Crippen LogP contribution in [-0.2, 0) is 24.4 Å². The Labute approximate surface area is 119 Å². The molecule has 0 aliphatic carbocycles. The Morgan fingerprint density at radius 3 is 2.94 bits per heavy atom. The van der Waals surface area contributed by atoms with Gasteiger partial charge in [-0.3, -0.25) is 4.79 Å². The molecule has 5 heteroatoms. The topological polar surface area (TPSA) is 41.1 Å². The Morgan fingerprint density at radius 2 is 2.17 bits per heavy atom. The molecule has 0 radical (unpaired) electrons. The lowest BCUT2D eigenvalue weighted by atomic mass is 10.1. The van der Waals surface area contributed by atoms with Crippen LogP contribution in [0.1, 0.15) is 23.1 Å². The summed E-state index contributed by atoms with van der Waals surface area (Å²) in [6.45, 7) is 2.56. The summed E-state index contributed by atoms with van der Waals surface area (Å²) in [5, 5.41) is 6.27. The number of benzene rings is 1. The van der Waals surface area contributed by atoms with Crippen molar-refractivity contribution in [1.29, 1.82) is 0 Å². The molecule has 2 rings (SSSR count). The van der Waals surface area contributed by atoms with Gasteiger partial charge in [0.05, 0.1) is 0 Å². The number of nitrogens with one attached hydrogen (secondary N) is 2. The smallest absolute Gasteiger partial charge is 0.221 e. The van der Waals surface area contributed by atoms with Gasteiger partial charge in [-0.05, 0) is 22.9 Å². The molecule has 0 unspecified atom stereocenters. The third kappa shape index (κ3) is 4.19. The second-order valence-corrected chi connectivity index (χ2v) is 5.21. The molecule has 0 fully saturated rings. The molecule has 1 amide bonds. The van der Waals surface area contributed by atoms with E-state index >= 15 is 0 Å². The monoisotopic (exact) mass is 286 g/mol. The van der Waals surface area contributed by atoms with Gasteiger partial charge in [0.25, 0.3) is 0 Å². The van der Waals surface area contributed by atoms with Crippen LogP contribution >= 0.6 is 24.2 Å². The minimum Gasteiger partial charge on any atom is -0.352 e. The SMILES string of the molecule is CSCCC(=O)NCc1ccc2c(c1)CNC2.Cl. The van der Waals surface area contributed by atoms with E-state index in [-0.39, 0.29) is 18.3 Å². The Kier molecular flexibility index (Phi) is 6.54. The predicted octanol–water partition coefficient (Wildman–Crippen LogP) is 2.08. The van der Waals surface area contributed by atoms with Crippen molar-refractivity contribution in [1.82, 2.24) is 10.6 Å². The maximum absolute atomic E-state index is 11.5. The highest BCUT2D eigenvalue weighted by atomic mass is 35.5. The van der Waals surface area contributed by atoms with Crippen LogP contribution in [0.15, 0.2) is 18.2 Å². The van der Waals surface area contributed by atoms with Gasteiger partial charge in [-0.2, -0.15) is 11.8 Å². The van der Waals surface area contributed by atoms with Gasteiger partial charge in [0.2, 0.25) is 5.91 Å². The van der Waals surface area contributed by atoms with Crippen molar-refractivity contribution in [3.8, 4) is 0 Å². The second kappa shape index (κ2) is 7.67. The number of carbonyl (C=O) groups excluding carboxylic acids is 1. The van der Waals surface area contributed by atoms with Crippen molar-refractivity contribution in [2.45, 2.75) is 26.1 Å². The number of hydrogen-bond donors (Lipinski definition) is 2. The van der Waals surface area contributed by atoms with Crippen LogP contribution in [0.4, 0.5) is 0 Å². The van der Waals surface area contributed by atoms with Crippen LogP contribution in [0.3, 0.4) is 0 Å². The first-order valence-electron chi connectivity index (χ1n) is 5.86. The van der Waals surface area contributed by atoms with Crippen LogP contribution in [-0.4, -0.2) is 17.9 Å². The largest absolute Gasteiger partial charge is 0.352 e. The number of fused-ring (bicyclic) bond motifs is 1. The zero-order chi connectivity index (χ0) is 12.1. The first-order chi connectivity index (χ1) is 8.29. The molecule has 18 heavy (non-hydrogen) atoms. The Balaban J connectivity index is 0.00000162. The minimum absolute atomic E-state index is 0. The lowest BCUT2D eigenvalue weighted by Gasteiger charge is -2.06. The number of amides is 1. The van der Waals surface area contributed by atoms with E-state index in [2.05, 4.69) is 28.8 Å². The molecule has 0 saturated heterocycles. The van der Waals surface area contributed by atoms with Crippen LogP contribution in [0, 0.1) is 0 Å². The Morgan fingerprint density at radius 1 is 1.39 bits per heavy atom. The summed E-state index contributed by atoms with van der Waals surface area (Å²) >= 11 is 1.70. The normalized spacial score (nSPS) is 12.7. The highest BCUT2D eigenvalue weighted by Gasteiger charge is 2.10. The summed E-state index contributed by atoms with van der Waals surface area (Å²) in [7, 11) is 0. The van der Waals surface area contributed by atoms with E-state index in [1.165, 1.54) is 16.7 Å². The quantitative estimate of drug-likeness (QED) is 0.871. The van der Waals surface area contributed by atoms with E-state index in [0.29, 0.717) is 13.0 Å². The van der Waals surface area contributed by atoms with Gasteiger partial charge in [0, 0.05) is 31.8 Å². The fourth-order valence-corrected chi connectivity index (χ4v) is 2.33. The summed E-state index contributed by atoms with van der Waals surface area (Å²) < 4.78 is 0. The zero-order valence-electron chi connectivity index (χ0n) is 10.5. The molecule has 0 spiro atoms. The van der Waals surface area contributed by atoms with E-state index in [9.17, 15) is 4.79 Å². The van der Waals surface area contributed by atoms with Gasteiger partial charge >= 0.3 is 0 Å². The molecule has 1 aromatic carbocycles. The van der Waals surface area contributed by atoms with E-state index in [1.54, 1.807) is 11.8 Å². The number of thioether (sulfide) groups is 1. The third-order valence-corrected chi connectivity index (χ3v) is 3.54. The van der Waals surface area contributed by atoms with Gasteiger partial charge in [-0.15, -0.1) is 12.4 Å². The molecule has 0 aromatic heterocycles. The predicted molar refractivity (Wildman–Crippen MR) is 79.1 cm³/mol. The summed E-state index contributed by atoms with van der Waals surface area (Å²) in [5.41, 5.74) is 3.92. The first kappa shape index (κ1) is 15.3. The standard InChI is InChI=1S/C13H18N2OS.ClH/c1-17-5-4-13(16)15-7-10-2-3-11-8-14-9-12(11)6-10;/h2-3,6,14H,4-5,7-9H2,1H3,(H,15,16);1H. The minimum atomic E-state index is 0. The third-order valence-electron chi connectivity index (χ3n) is 2.92. The number of hydrogen-bond acceptors (Lipinski definition) is 3.